The van der Waals surface area contributed by atoms with E-state index in [1.807, 2.05) is 6.92 Å². The summed E-state index contributed by atoms with van der Waals surface area (Å²) in [7, 11) is -3.77. The molecular formula is C15H23N4O3P. The van der Waals surface area contributed by atoms with E-state index < -0.39 is 19.5 Å². The van der Waals surface area contributed by atoms with Gasteiger partial charge in [-0.25, -0.2) is 5.50 Å². The van der Waals surface area contributed by atoms with E-state index in [0.29, 0.717) is 24.9 Å². The molecule has 1 aromatic rings. The second kappa shape index (κ2) is 7.73. The van der Waals surface area contributed by atoms with Crippen LogP contribution in [0.5, 0.6) is 0 Å². The molecule has 8 heteroatoms. The lowest BCUT2D eigenvalue weighted by Crippen LogP contribution is -2.52. The van der Waals surface area contributed by atoms with Gasteiger partial charge >= 0.3 is 7.59 Å². The second-order valence-corrected chi connectivity index (χ2v) is 7.49. The first-order valence-electron chi connectivity index (χ1n) is 7.77. The van der Waals surface area contributed by atoms with E-state index in [1.54, 1.807) is 30.3 Å². The number of hydrogen-bond donors (Lipinski definition) is 3. The highest BCUT2D eigenvalue weighted by atomic mass is 31.2. The average molecular weight is 338 g/mol. The molecule has 0 aliphatic carbocycles. The smallest absolute Gasteiger partial charge is 0.306 e. The van der Waals surface area contributed by atoms with Crippen molar-refractivity contribution >= 4 is 19.4 Å². The van der Waals surface area contributed by atoms with Crippen molar-refractivity contribution in [3.05, 3.63) is 35.9 Å². The van der Waals surface area contributed by atoms with Crippen LogP contribution in [0.2, 0.25) is 0 Å². The summed E-state index contributed by atoms with van der Waals surface area (Å²) in [4.78, 5) is 24.6. The number of piperidine rings is 1. The van der Waals surface area contributed by atoms with Crippen LogP contribution < -0.4 is 15.9 Å². The maximum absolute atomic E-state index is 12.7. The van der Waals surface area contributed by atoms with Crippen molar-refractivity contribution in [1.29, 1.82) is 0 Å². The first-order valence-corrected chi connectivity index (χ1v) is 9.50. The van der Waals surface area contributed by atoms with E-state index >= 15 is 0 Å². The summed E-state index contributed by atoms with van der Waals surface area (Å²) in [5.74, 6) is -0.864. The van der Waals surface area contributed by atoms with E-state index in [9.17, 15) is 14.2 Å². The predicted molar refractivity (Wildman–Crippen MR) is 88.7 cm³/mol. The minimum atomic E-state index is -3.77. The number of carbonyl (C=O) groups is 2. The molecule has 0 radical (unpaired) electrons. The largest absolute Gasteiger partial charge is 0.332 e. The summed E-state index contributed by atoms with van der Waals surface area (Å²) in [5.41, 5.74) is 6.16. The fraction of sp³-hybridized carbons (Fsp3) is 0.467. The van der Waals surface area contributed by atoms with Gasteiger partial charge in [0.05, 0.1) is 6.04 Å². The molecular weight excluding hydrogens is 315 g/mol. The molecule has 0 aromatic heterocycles. The van der Waals surface area contributed by atoms with Crippen molar-refractivity contribution in [2.24, 2.45) is 5.50 Å². The van der Waals surface area contributed by atoms with Crippen molar-refractivity contribution in [3.63, 3.8) is 0 Å². The molecule has 2 atom stereocenters. The SMILES string of the molecule is CCCN[C@H]1CCCN(P(N)(=O)NC(=O)c2ccccc2)C1=O. The maximum atomic E-state index is 12.7. The summed E-state index contributed by atoms with van der Waals surface area (Å²) in [5, 5.41) is 5.45. The zero-order valence-corrected chi connectivity index (χ0v) is 14.1. The van der Waals surface area contributed by atoms with Crippen LogP contribution in [0.3, 0.4) is 0 Å². The Kier molecular flexibility index (Phi) is 5.93. The van der Waals surface area contributed by atoms with E-state index in [-0.39, 0.29) is 12.5 Å². The van der Waals surface area contributed by atoms with Crippen molar-refractivity contribution in [1.82, 2.24) is 15.1 Å². The van der Waals surface area contributed by atoms with Crippen LogP contribution in [0, 0.1) is 0 Å². The molecule has 1 saturated heterocycles. The normalized spacial score (nSPS) is 20.9. The van der Waals surface area contributed by atoms with Crippen LogP contribution in [-0.4, -0.2) is 35.6 Å². The lowest BCUT2D eigenvalue weighted by atomic mass is 10.1. The minimum absolute atomic E-state index is 0.284. The Labute approximate surface area is 136 Å². The van der Waals surface area contributed by atoms with Gasteiger partial charge in [-0.3, -0.25) is 23.9 Å². The minimum Gasteiger partial charge on any atom is -0.306 e. The molecule has 7 nitrogen and oxygen atoms in total. The molecule has 1 aliphatic rings. The number of benzene rings is 1. The molecule has 2 amide bonds. The number of nitrogens with two attached hydrogens (primary N) is 1. The van der Waals surface area contributed by atoms with Crippen LogP contribution >= 0.6 is 7.59 Å². The van der Waals surface area contributed by atoms with E-state index in [1.165, 1.54) is 0 Å². The zero-order valence-electron chi connectivity index (χ0n) is 13.2. The van der Waals surface area contributed by atoms with Gasteiger partial charge in [-0.15, -0.1) is 0 Å². The molecule has 2 rings (SSSR count). The Morgan fingerprint density at radius 1 is 1.39 bits per heavy atom. The second-order valence-electron chi connectivity index (χ2n) is 5.54. The van der Waals surface area contributed by atoms with Crippen LogP contribution in [0.25, 0.3) is 0 Å². The number of carbonyl (C=O) groups excluding carboxylic acids is 2. The van der Waals surface area contributed by atoms with Gasteiger partial charge in [0.2, 0.25) is 5.91 Å². The third kappa shape index (κ3) is 4.41. The Morgan fingerprint density at radius 3 is 2.74 bits per heavy atom. The Morgan fingerprint density at radius 2 is 2.09 bits per heavy atom. The molecule has 1 fully saturated rings. The Balaban J connectivity index is 2.07. The topological polar surface area (TPSA) is 105 Å². The zero-order chi connectivity index (χ0) is 16.9. The molecule has 1 aliphatic heterocycles. The van der Waals surface area contributed by atoms with E-state index in [4.69, 9.17) is 5.50 Å². The lowest BCUT2D eigenvalue weighted by Gasteiger charge is -2.35. The van der Waals surface area contributed by atoms with Gasteiger partial charge in [-0.1, -0.05) is 25.1 Å². The first kappa shape index (κ1) is 17.7. The van der Waals surface area contributed by atoms with Gasteiger partial charge in [-0.2, -0.15) is 0 Å². The number of hydrogen-bond acceptors (Lipinski definition) is 4. The summed E-state index contributed by atoms with van der Waals surface area (Å²) >= 11 is 0. The highest BCUT2D eigenvalue weighted by molar-refractivity contribution is 7.58. The third-order valence-electron chi connectivity index (χ3n) is 3.71. The number of rotatable bonds is 6. The van der Waals surface area contributed by atoms with Crippen molar-refractivity contribution < 1.29 is 14.2 Å². The number of nitrogens with one attached hydrogen (secondary N) is 2. The molecule has 1 aromatic carbocycles. The highest BCUT2D eigenvalue weighted by Gasteiger charge is 2.38. The molecule has 23 heavy (non-hydrogen) atoms. The average Bonchev–Trinajstić information content (AvgIpc) is 2.54. The fourth-order valence-corrected chi connectivity index (χ4v) is 3.93. The van der Waals surface area contributed by atoms with Gasteiger partial charge < -0.3 is 5.32 Å². The first-order chi connectivity index (χ1) is 11.0. The van der Waals surface area contributed by atoms with E-state index in [2.05, 4.69) is 10.4 Å². The molecule has 4 N–H and O–H groups in total. The molecule has 1 unspecified atom stereocenters. The van der Waals surface area contributed by atoms with Crippen LogP contribution in [0.1, 0.15) is 36.5 Å². The number of nitrogens with zero attached hydrogens (tertiary/aromatic N) is 1. The molecule has 1 heterocycles. The highest BCUT2D eigenvalue weighted by Crippen LogP contribution is 2.39. The maximum Gasteiger partial charge on any atom is 0.332 e. The summed E-state index contributed by atoms with van der Waals surface area (Å²) in [6.07, 6.45) is 2.27. The van der Waals surface area contributed by atoms with Gasteiger partial charge in [0.25, 0.3) is 5.91 Å². The summed E-state index contributed by atoms with van der Waals surface area (Å²) in [6.45, 7) is 2.99. The predicted octanol–water partition coefficient (Wildman–Crippen LogP) is 1.47. The summed E-state index contributed by atoms with van der Waals surface area (Å²) in [6, 6.07) is 7.98. The monoisotopic (exact) mass is 338 g/mol. The van der Waals surface area contributed by atoms with Crippen LogP contribution in [0.4, 0.5) is 0 Å². The van der Waals surface area contributed by atoms with Crippen molar-refractivity contribution in [2.45, 2.75) is 32.2 Å². The quantitative estimate of drug-likeness (QED) is 0.682. The molecule has 0 saturated carbocycles. The number of amides is 2. The van der Waals surface area contributed by atoms with Gasteiger partial charge in [-0.05, 0) is 37.9 Å². The van der Waals surface area contributed by atoms with Crippen LogP contribution in [0.15, 0.2) is 30.3 Å². The summed E-state index contributed by atoms with van der Waals surface area (Å²) < 4.78 is 13.8. The molecule has 0 spiro atoms. The van der Waals surface area contributed by atoms with E-state index in [0.717, 1.165) is 11.1 Å². The molecule has 0 bridgehead atoms. The van der Waals surface area contributed by atoms with Crippen molar-refractivity contribution in [3.8, 4) is 0 Å². The standard InChI is InChI=1S/C15H23N4O3P/c1-2-10-17-13-9-6-11-19(15(13)21)23(16,22)18-14(20)12-7-4-3-5-8-12/h3-5,7-8,13,17H,2,6,9-11H2,1H3,(H3,16,18,20,22)/t13-,23?/m0/s1. The lowest BCUT2D eigenvalue weighted by molar-refractivity contribution is -0.130. The third-order valence-corrected chi connectivity index (χ3v) is 5.35. The Bertz CT molecular complexity index is 608. The van der Waals surface area contributed by atoms with Crippen LogP contribution in [-0.2, 0) is 9.36 Å². The Hall–Kier alpha value is -1.69. The van der Waals surface area contributed by atoms with Crippen molar-refractivity contribution in [2.75, 3.05) is 13.1 Å². The van der Waals surface area contributed by atoms with Gasteiger partial charge in [0.1, 0.15) is 0 Å². The van der Waals surface area contributed by atoms with Gasteiger partial charge in [0, 0.05) is 12.1 Å². The van der Waals surface area contributed by atoms with Gasteiger partial charge in [0.15, 0.2) is 0 Å². The fourth-order valence-electron chi connectivity index (χ4n) is 2.52. The molecule has 126 valence electrons.